The van der Waals surface area contributed by atoms with Gasteiger partial charge in [0.25, 0.3) is 0 Å². The monoisotopic (exact) mass is 293 g/mol. The molecule has 108 valence electrons. The first-order chi connectivity index (χ1) is 9.71. The Balaban J connectivity index is 2.35. The smallest absolute Gasteiger partial charge is 0.203 e. The van der Waals surface area contributed by atoms with Gasteiger partial charge in [-0.25, -0.2) is 0 Å². The van der Waals surface area contributed by atoms with Crippen LogP contribution in [0.2, 0.25) is 0 Å². The number of thiophene rings is 1. The lowest BCUT2D eigenvalue weighted by atomic mass is 9.99. The lowest BCUT2D eigenvalue weighted by molar-refractivity contribution is 0.320. The first-order valence-electron chi connectivity index (χ1n) is 6.26. The predicted octanol–water partition coefficient (Wildman–Crippen LogP) is 3.02. The average Bonchev–Trinajstić information content (AvgIpc) is 2.98. The van der Waals surface area contributed by atoms with E-state index in [4.69, 9.17) is 19.9 Å². The molecule has 1 heterocycles. The van der Waals surface area contributed by atoms with E-state index in [-0.39, 0.29) is 6.04 Å². The zero-order valence-corrected chi connectivity index (χ0v) is 12.7. The quantitative estimate of drug-likeness (QED) is 0.889. The van der Waals surface area contributed by atoms with E-state index >= 15 is 0 Å². The summed E-state index contributed by atoms with van der Waals surface area (Å²) in [5.41, 5.74) is 8.44. The molecule has 20 heavy (non-hydrogen) atoms. The zero-order valence-electron chi connectivity index (χ0n) is 11.9. The van der Waals surface area contributed by atoms with E-state index in [2.05, 4.69) is 11.4 Å². The molecular weight excluding hydrogens is 274 g/mol. The fourth-order valence-corrected chi connectivity index (χ4v) is 2.87. The fourth-order valence-electron chi connectivity index (χ4n) is 2.19. The Bertz CT molecular complexity index is 554. The van der Waals surface area contributed by atoms with Gasteiger partial charge in [-0.2, -0.15) is 11.3 Å². The summed E-state index contributed by atoms with van der Waals surface area (Å²) >= 11 is 1.67. The third-order valence-electron chi connectivity index (χ3n) is 3.17. The van der Waals surface area contributed by atoms with Crippen molar-refractivity contribution in [3.8, 4) is 17.2 Å². The maximum atomic E-state index is 6.31. The Morgan fingerprint density at radius 2 is 1.80 bits per heavy atom. The Labute approximate surface area is 123 Å². The highest BCUT2D eigenvalue weighted by Gasteiger charge is 2.20. The molecule has 0 spiro atoms. The number of hydrogen-bond donors (Lipinski definition) is 1. The first-order valence-corrected chi connectivity index (χ1v) is 7.21. The summed E-state index contributed by atoms with van der Waals surface area (Å²) in [5.74, 6) is 1.85. The van der Waals surface area contributed by atoms with E-state index in [9.17, 15) is 0 Å². The Morgan fingerprint density at radius 3 is 2.35 bits per heavy atom. The number of methoxy groups -OCH3 is 3. The van der Waals surface area contributed by atoms with Crippen LogP contribution in [-0.2, 0) is 6.42 Å². The lowest BCUT2D eigenvalue weighted by Crippen LogP contribution is -2.14. The molecule has 0 fully saturated rings. The summed E-state index contributed by atoms with van der Waals surface area (Å²) in [6, 6.07) is 5.71. The van der Waals surface area contributed by atoms with Crippen molar-refractivity contribution in [2.24, 2.45) is 5.73 Å². The number of nitrogens with two attached hydrogens (primary N) is 1. The van der Waals surface area contributed by atoms with Gasteiger partial charge in [0.2, 0.25) is 5.75 Å². The topological polar surface area (TPSA) is 53.7 Å². The van der Waals surface area contributed by atoms with E-state index in [1.807, 2.05) is 17.5 Å². The van der Waals surface area contributed by atoms with Gasteiger partial charge in [-0.15, -0.1) is 0 Å². The molecule has 0 bridgehead atoms. The van der Waals surface area contributed by atoms with Gasteiger partial charge in [0.05, 0.1) is 21.3 Å². The molecule has 1 aromatic heterocycles. The van der Waals surface area contributed by atoms with Gasteiger partial charge >= 0.3 is 0 Å². The van der Waals surface area contributed by atoms with E-state index in [1.165, 1.54) is 5.56 Å². The standard InChI is InChI=1S/C15H19NO3S/c1-17-13-5-4-11(14(18-2)15(13)19-3)12(16)8-10-6-7-20-9-10/h4-7,9,12H,8,16H2,1-3H3. The molecule has 0 radical (unpaired) electrons. The minimum absolute atomic E-state index is 0.153. The second-order valence-electron chi connectivity index (χ2n) is 4.37. The number of benzene rings is 1. The molecular formula is C15H19NO3S. The number of rotatable bonds is 6. The van der Waals surface area contributed by atoms with Gasteiger partial charge in [0, 0.05) is 11.6 Å². The maximum absolute atomic E-state index is 6.31. The molecule has 0 aliphatic carbocycles. The molecule has 0 saturated carbocycles. The molecule has 1 unspecified atom stereocenters. The van der Waals surface area contributed by atoms with Crippen LogP contribution in [0.4, 0.5) is 0 Å². The molecule has 0 aliphatic rings. The normalized spacial score (nSPS) is 12.0. The van der Waals surface area contributed by atoms with Crippen LogP contribution in [0.3, 0.4) is 0 Å². The van der Waals surface area contributed by atoms with Crippen molar-refractivity contribution in [2.75, 3.05) is 21.3 Å². The van der Waals surface area contributed by atoms with Crippen molar-refractivity contribution in [3.63, 3.8) is 0 Å². The average molecular weight is 293 g/mol. The van der Waals surface area contributed by atoms with E-state index in [0.29, 0.717) is 17.2 Å². The fraction of sp³-hybridized carbons (Fsp3) is 0.333. The molecule has 1 aromatic carbocycles. The van der Waals surface area contributed by atoms with Crippen LogP contribution >= 0.6 is 11.3 Å². The summed E-state index contributed by atoms with van der Waals surface area (Å²) in [6.07, 6.45) is 0.759. The number of ether oxygens (including phenoxy) is 3. The van der Waals surface area contributed by atoms with Gasteiger partial charge in [-0.05, 0) is 40.9 Å². The van der Waals surface area contributed by atoms with Crippen molar-refractivity contribution < 1.29 is 14.2 Å². The van der Waals surface area contributed by atoms with Gasteiger partial charge < -0.3 is 19.9 Å². The van der Waals surface area contributed by atoms with Crippen LogP contribution in [-0.4, -0.2) is 21.3 Å². The molecule has 1 atom stereocenters. The van der Waals surface area contributed by atoms with E-state index < -0.39 is 0 Å². The van der Waals surface area contributed by atoms with Gasteiger partial charge in [-0.1, -0.05) is 0 Å². The van der Waals surface area contributed by atoms with Crippen LogP contribution in [0, 0.1) is 0 Å². The second-order valence-corrected chi connectivity index (χ2v) is 5.15. The van der Waals surface area contributed by atoms with Crippen molar-refractivity contribution >= 4 is 11.3 Å². The van der Waals surface area contributed by atoms with Crippen molar-refractivity contribution in [2.45, 2.75) is 12.5 Å². The molecule has 2 N–H and O–H groups in total. The molecule has 5 heteroatoms. The summed E-state index contributed by atoms with van der Waals surface area (Å²) < 4.78 is 16.1. The largest absolute Gasteiger partial charge is 0.493 e. The van der Waals surface area contributed by atoms with Crippen LogP contribution in [0.5, 0.6) is 17.2 Å². The minimum atomic E-state index is -0.153. The van der Waals surface area contributed by atoms with Crippen LogP contribution in [0.25, 0.3) is 0 Å². The van der Waals surface area contributed by atoms with Crippen molar-refractivity contribution in [1.82, 2.24) is 0 Å². The second kappa shape index (κ2) is 6.63. The Hall–Kier alpha value is -1.72. The highest BCUT2D eigenvalue weighted by molar-refractivity contribution is 7.07. The zero-order chi connectivity index (χ0) is 14.5. The molecule has 0 aliphatic heterocycles. The van der Waals surface area contributed by atoms with Crippen LogP contribution in [0.1, 0.15) is 17.2 Å². The van der Waals surface area contributed by atoms with Gasteiger partial charge in [-0.3, -0.25) is 0 Å². The number of hydrogen-bond acceptors (Lipinski definition) is 5. The molecule has 0 saturated heterocycles. The minimum Gasteiger partial charge on any atom is -0.493 e. The van der Waals surface area contributed by atoms with Gasteiger partial charge in [0.15, 0.2) is 11.5 Å². The molecule has 2 aromatic rings. The molecule has 0 amide bonds. The Morgan fingerprint density at radius 1 is 1.05 bits per heavy atom. The highest BCUT2D eigenvalue weighted by atomic mass is 32.1. The highest BCUT2D eigenvalue weighted by Crippen LogP contribution is 2.42. The van der Waals surface area contributed by atoms with E-state index in [1.54, 1.807) is 32.7 Å². The third kappa shape index (κ3) is 2.89. The summed E-state index contributed by atoms with van der Waals surface area (Å²) in [4.78, 5) is 0. The maximum Gasteiger partial charge on any atom is 0.203 e. The van der Waals surface area contributed by atoms with Crippen molar-refractivity contribution in [1.29, 1.82) is 0 Å². The molecule has 4 nitrogen and oxygen atoms in total. The summed E-state index contributed by atoms with van der Waals surface area (Å²) in [7, 11) is 4.80. The van der Waals surface area contributed by atoms with Crippen LogP contribution in [0.15, 0.2) is 29.0 Å². The summed E-state index contributed by atoms with van der Waals surface area (Å²) in [5, 5.41) is 4.15. The Kier molecular flexibility index (Phi) is 4.87. The van der Waals surface area contributed by atoms with Gasteiger partial charge in [0.1, 0.15) is 0 Å². The third-order valence-corrected chi connectivity index (χ3v) is 3.90. The molecule has 2 rings (SSSR count). The first kappa shape index (κ1) is 14.7. The summed E-state index contributed by atoms with van der Waals surface area (Å²) in [6.45, 7) is 0. The predicted molar refractivity (Wildman–Crippen MR) is 81.0 cm³/mol. The van der Waals surface area contributed by atoms with Crippen LogP contribution < -0.4 is 19.9 Å². The SMILES string of the molecule is COc1ccc(C(N)Cc2ccsc2)c(OC)c1OC. The van der Waals surface area contributed by atoms with Crippen molar-refractivity contribution in [3.05, 3.63) is 40.1 Å². The lowest BCUT2D eigenvalue weighted by Gasteiger charge is -2.19. The van der Waals surface area contributed by atoms with E-state index in [0.717, 1.165) is 12.0 Å².